The van der Waals surface area contributed by atoms with E-state index in [2.05, 4.69) is 17.1 Å². The number of aromatic nitrogens is 2. The van der Waals surface area contributed by atoms with Crippen molar-refractivity contribution >= 4 is 22.9 Å². The van der Waals surface area contributed by atoms with Crippen LogP contribution < -0.4 is 0 Å². The third-order valence-electron chi connectivity index (χ3n) is 5.71. The molecule has 2 aliphatic rings. The van der Waals surface area contributed by atoms with Gasteiger partial charge in [0.25, 0.3) is 5.91 Å². The molecule has 1 unspecified atom stereocenters. The first-order valence-corrected chi connectivity index (χ1v) is 9.86. The molecule has 7 heteroatoms. The van der Waals surface area contributed by atoms with Gasteiger partial charge < -0.3 is 9.64 Å². The van der Waals surface area contributed by atoms with Crippen molar-refractivity contribution in [1.82, 2.24) is 20.0 Å². The van der Waals surface area contributed by atoms with E-state index in [1.54, 1.807) is 0 Å². The van der Waals surface area contributed by atoms with Crippen molar-refractivity contribution in [2.24, 2.45) is 0 Å². The molecule has 1 N–H and O–H groups in total. The van der Waals surface area contributed by atoms with Gasteiger partial charge in [0, 0.05) is 24.5 Å². The fraction of sp³-hybridized carbons (Fsp3) is 0.550. The number of likely N-dealkylation sites (tertiary alicyclic amines) is 1. The molecule has 2 aliphatic heterocycles. The van der Waals surface area contributed by atoms with Crippen LogP contribution in [-0.4, -0.2) is 63.8 Å². The molecule has 2 aromatic rings. The van der Waals surface area contributed by atoms with Crippen molar-refractivity contribution in [2.75, 3.05) is 19.7 Å². The summed E-state index contributed by atoms with van der Waals surface area (Å²) in [6.45, 7) is 3.92. The number of rotatable bonds is 5. The lowest BCUT2D eigenvalue weighted by atomic mass is 10.00. The standard InChI is InChI=1S/C20H26N4O3/c1-2-3-6-15-13-27-20(26)24(15)14-9-11-23(12-10-14)19(25)18-16-7-4-5-8-17(16)21-22-18/h4-5,7-8,14-15H,2-3,6,9-13H2,1H3,(H,21,22). The number of carbonyl (C=O) groups excluding carboxylic acids is 2. The van der Waals surface area contributed by atoms with Crippen molar-refractivity contribution in [3.63, 3.8) is 0 Å². The highest BCUT2D eigenvalue weighted by atomic mass is 16.6. The van der Waals surface area contributed by atoms with Crippen molar-refractivity contribution < 1.29 is 14.3 Å². The van der Waals surface area contributed by atoms with E-state index in [9.17, 15) is 9.59 Å². The molecule has 0 radical (unpaired) electrons. The van der Waals surface area contributed by atoms with Gasteiger partial charge in [0.15, 0.2) is 5.69 Å². The summed E-state index contributed by atoms with van der Waals surface area (Å²) in [5.74, 6) is -0.0440. The molecular weight excluding hydrogens is 344 g/mol. The molecule has 2 saturated heterocycles. The Morgan fingerprint density at radius 2 is 2.07 bits per heavy atom. The number of nitrogens with zero attached hydrogens (tertiary/aromatic N) is 3. The Morgan fingerprint density at radius 3 is 2.85 bits per heavy atom. The minimum atomic E-state index is -0.195. The highest BCUT2D eigenvalue weighted by Gasteiger charge is 2.39. The van der Waals surface area contributed by atoms with Gasteiger partial charge in [-0.3, -0.25) is 14.8 Å². The Kier molecular flexibility index (Phi) is 5.01. The SMILES string of the molecule is CCCCC1COC(=O)N1C1CCN(C(=O)c2n[nH]c3ccccc23)CC1. The number of piperidine rings is 1. The van der Waals surface area contributed by atoms with Gasteiger partial charge in [-0.05, 0) is 25.3 Å². The van der Waals surface area contributed by atoms with E-state index >= 15 is 0 Å². The molecular formula is C20H26N4O3. The molecule has 0 saturated carbocycles. The van der Waals surface area contributed by atoms with Gasteiger partial charge in [0.1, 0.15) is 6.61 Å². The Balaban J connectivity index is 1.41. The van der Waals surface area contributed by atoms with Crippen LogP contribution in [0.25, 0.3) is 10.9 Å². The topological polar surface area (TPSA) is 78.5 Å². The predicted octanol–water partition coefficient (Wildman–Crippen LogP) is 3.18. The van der Waals surface area contributed by atoms with Crippen molar-refractivity contribution in [2.45, 2.75) is 51.1 Å². The van der Waals surface area contributed by atoms with E-state index in [-0.39, 0.29) is 24.1 Å². The summed E-state index contributed by atoms with van der Waals surface area (Å²) in [4.78, 5) is 28.9. The lowest BCUT2D eigenvalue weighted by Crippen LogP contribution is -2.49. The molecule has 7 nitrogen and oxygen atoms in total. The molecule has 0 aliphatic carbocycles. The number of para-hydroxylation sites is 1. The minimum absolute atomic E-state index is 0.0440. The van der Waals surface area contributed by atoms with Gasteiger partial charge in [0.2, 0.25) is 0 Å². The minimum Gasteiger partial charge on any atom is -0.447 e. The largest absolute Gasteiger partial charge is 0.447 e. The van der Waals surface area contributed by atoms with Gasteiger partial charge in [-0.1, -0.05) is 38.0 Å². The number of H-pyrrole nitrogens is 1. The summed E-state index contributed by atoms with van der Waals surface area (Å²) in [7, 11) is 0. The number of aromatic amines is 1. The summed E-state index contributed by atoms with van der Waals surface area (Å²) >= 11 is 0. The molecule has 4 rings (SSSR count). The molecule has 27 heavy (non-hydrogen) atoms. The van der Waals surface area contributed by atoms with Gasteiger partial charge in [0.05, 0.1) is 11.6 Å². The van der Waals surface area contributed by atoms with Gasteiger partial charge in [-0.25, -0.2) is 4.79 Å². The van der Waals surface area contributed by atoms with E-state index in [4.69, 9.17) is 4.74 Å². The Morgan fingerprint density at radius 1 is 1.30 bits per heavy atom. The van der Waals surface area contributed by atoms with Crippen LogP contribution in [-0.2, 0) is 4.74 Å². The Labute approximate surface area is 158 Å². The van der Waals surface area contributed by atoms with E-state index in [0.717, 1.165) is 43.0 Å². The lowest BCUT2D eigenvalue weighted by molar-refractivity contribution is 0.0629. The summed E-state index contributed by atoms with van der Waals surface area (Å²) < 4.78 is 5.30. The van der Waals surface area contributed by atoms with Crippen LogP contribution in [0.5, 0.6) is 0 Å². The normalized spacial score (nSPS) is 21.1. The number of hydrogen-bond donors (Lipinski definition) is 1. The van der Waals surface area contributed by atoms with E-state index in [0.29, 0.717) is 25.4 Å². The van der Waals surface area contributed by atoms with E-state index in [1.807, 2.05) is 34.1 Å². The maximum Gasteiger partial charge on any atom is 0.410 e. The van der Waals surface area contributed by atoms with E-state index in [1.165, 1.54) is 0 Å². The summed E-state index contributed by atoms with van der Waals surface area (Å²) in [6.07, 6.45) is 4.57. The molecule has 144 valence electrons. The quantitative estimate of drug-likeness (QED) is 0.877. The number of nitrogens with one attached hydrogen (secondary N) is 1. The number of ether oxygens (including phenoxy) is 1. The molecule has 1 aromatic carbocycles. The van der Waals surface area contributed by atoms with Crippen LogP contribution in [0.15, 0.2) is 24.3 Å². The van der Waals surface area contributed by atoms with Crippen LogP contribution in [0.4, 0.5) is 4.79 Å². The zero-order valence-electron chi connectivity index (χ0n) is 15.7. The molecule has 2 amide bonds. The molecule has 3 heterocycles. The monoisotopic (exact) mass is 370 g/mol. The van der Waals surface area contributed by atoms with Gasteiger partial charge in [-0.2, -0.15) is 5.10 Å². The molecule has 0 spiro atoms. The number of benzene rings is 1. The van der Waals surface area contributed by atoms with Crippen molar-refractivity contribution in [3.8, 4) is 0 Å². The molecule has 2 fully saturated rings. The first-order chi connectivity index (χ1) is 13.2. The molecule has 1 atom stereocenters. The van der Waals surface area contributed by atoms with Crippen molar-refractivity contribution in [3.05, 3.63) is 30.0 Å². The number of fused-ring (bicyclic) bond motifs is 1. The number of cyclic esters (lactones) is 1. The highest BCUT2D eigenvalue weighted by Crippen LogP contribution is 2.27. The van der Waals surface area contributed by atoms with Crippen LogP contribution in [0.3, 0.4) is 0 Å². The second-order valence-corrected chi connectivity index (χ2v) is 7.42. The van der Waals surface area contributed by atoms with Crippen LogP contribution in [0.2, 0.25) is 0 Å². The van der Waals surface area contributed by atoms with E-state index < -0.39 is 0 Å². The Hall–Kier alpha value is -2.57. The maximum absolute atomic E-state index is 12.9. The maximum atomic E-state index is 12.9. The number of hydrogen-bond acceptors (Lipinski definition) is 4. The zero-order valence-corrected chi connectivity index (χ0v) is 15.7. The summed E-state index contributed by atoms with van der Waals surface area (Å²) in [5.41, 5.74) is 1.35. The number of amides is 2. The molecule has 1 aromatic heterocycles. The second kappa shape index (κ2) is 7.58. The number of unbranched alkanes of at least 4 members (excludes halogenated alkanes) is 1. The van der Waals surface area contributed by atoms with Gasteiger partial charge >= 0.3 is 6.09 Å². The average Bonchev–Trinajstić information content (AvgIpc) is 3.29. The first kappa shape index (κ1) is 17.8. The van der Waals surface area contributed by atoms with Gasteiger partial charge in [-0.15, -0.1) is 0 Å². The Bertz CT molecular complexity index is 825. The molecule has 0 bridgehead atoms. The zero-order chi connectivity index (χ0) is 18.8. The van der Waals surface area contributed by atoms with Crippen LogP contribution in [0.1, 0.15) is 49.5 Å². The smallest absolute Gasteiger partial charge is 0.410 e. The summed E-state index contributed by atoms with van der Waals surface area (Å²) in [6, 6.07) is 8.00. The third kappa shape index (κ3) is 3.38. The summed E-state index contributed by atoms with van der Waals surface area (Å²) in [5, 5.41) is 8.00. The van der Waals surface area contributed by atoms with Crippen molar-refractivity contribution in [1.29, 1.82) is 0 Å². The fourth-order valence-electron chi connectivity index (χ4n) is 4.20. The predicted molar refractivity (Wildman–Crippen MR) is 102 cm³/mol. The first-order valence-electron chi connectivity index (χ1n) is 9.86. The number of carbonyl (C=O) groups is 2. The second-order valence-electron chi connectivity index (χ2n) is 7.42. The highest BCUT2D eigenvalue weighted by molar-refractivity contribution is 6.04. The third-order valence-corrected chi connectivity index (χ3v) is 5.71. The van der Waals surface area contributed by atoms with Crippen LogP contribution in [0, 0.1) is 0 Å². The fourth-order valence-corrected chi connectivity index (χ4v) is 4.20. The van der Waals surface area contributed by atoms with Crippen LogP contribution >= 0.6 is 0 Å². The average molecular weight is 370 g/mol. The lowest BCUT2D eigenvalue weighted by Gasteiger charge is -2.37.